The van der Waals surface area contributed by atoms with Crippen LogP contribution in [0.3, 0.4) is 0 Å². The summed E-state index contributed by atoms with van der Waals surface area (Å²) in [5.74, 6) is -0.284. The summed E-state index contributed by atoms with van der Waals surface area (Å²) < 4.78 is 4.57. The number of esters is 1. The molecule has 0 aliphatic heterocycles. The highest BCUT2D eigenvalue weighted by Crippen LogP contribution is 2.21. The number of methoxy groups -OCH3 is 1. The van der Waals surface area contributed by atoms with Gasteiger partial charge in [0.1, 0.15) is 0 Å². The molecule has 1 aromatic carbocycles. The zero-order valence-electron chi connectivity index (χ0n) is 12.0. The fourth-order valence-electron chi connectivity index (χ4n) is 1.46. The van der Waals surface area contributed by atoms with E-state index in [9.17, 15) is 4.79 Å². The van der Waals surface area contributed by atoms with Crippen LogP contribution in [0.5, 0.6) is 0 Å². The summed E-state index contributed by atoms with van der Waals surface area (Å²) in [6, 6.07) is 9.57. The lowest BCUT2D eigenvalue weighted by Gasteiger charge is -2.07. The van der Waals surface area contributed by atoms with E-state index in [1.54, 1.807) is 11.3 Å². The summed E-state index contributed by atoms with van der Waals surface area (Å²) in [5.41, 5.74) is 1.74. The Balaban J connectivity index is 0.000000562. The minimum absolute atomic E-state index is 0. The van der Waals surface area contributed by atoms with Gasteiger partial charge in [0.05, 0.1) is 13.5 Å². The van der Waals surface area contributed by atoms with Gasteiger partial charge < -0.3 is 10.1 Å². The first-order valence-corrected chi connectivity index (χ1v) is 7.55. The molecule has 0 unspecified atom stereocenters. The van der Waals surface area contributed by atoms with Gasteiger partial charge in [-0.2, -0.15) is 11.3 Å². The van der Waals surface area contributed by atoms with Crippen molar-refractivity contribution in [3.63, 3.8) is 0 Å². The molecule has 0 spiro atoms. The number of benzene rings is 1. The summed E-state index contributed by atoms with van der Waals surface area (Å²) in [7, 11) is 1.36. The second-order valence-corrected chi connectivity index (χ2v) is 5.11. The monoisotopic (exact) mass is 347 g/mol. The topological polar surface area (TPSA) is 38.3 Å². The molecule has 0 aliphatic carbocycles. The zero-order valence-corrected chi connectivity index (χ0v) is 14.4. The van der Waals surface area contributed by atoms with E-state index in [4.69, 9.17) is 11.6 Å². The SMILES string of the molecule is CCNc1ccc(CC(=O)OC)c(Cl)c1.Cl.c1ccsc1. The Morgan fingerprint density at radius 3 is 2.43 bits per heavy atom. The van der Waals surface area contributed by atoms with E-state index in [1.165, 1.54) is 7.11 Å². The number of hydrogen-bond donors (Lipinski definition) is 1. The number of nitrogens with one attached hydrogen (secondary N) is 1. The van der Waals surface area contributed by atoms with E-state index in [2.05, 4.69) is 10.1 Å². The third-order valence-corrected chi connectivity index (χ3v) is 3.40. The first kappa shape index (κ1) is 19.8. The van der Waals surface area contributed by atoms with Gasteiger partial charge >= 0.3 is 5.97 Å². The van der Waals surface area contributed by atoms with Gasteiger partial charge in [-0.05, 0) is 35.4 Å². The smallest absolute Gasteiger partial charge is 0.310 e. The molecule has 0 aliphatic rings. The van der Waals surface area contributed by atoms with Crippen LogP contribution in [0.1, 0.15) is 12.5 Å². The average Bonchev–Trinajstić information content (AvgIpc) is 3.01. The van der Waals surface area contributed by atoms with Crippen LogP contribution in [0.25, 0.3) is 0 Å². The molecule has 0 atom stereocenters. The second kappa shape index (κ2) is 11.4. The molecule has 0 saturated heterocycles. The molecule has 0 bridgehead atoms. The predicted octanol–water partition coefficient (Wildman–Crippen LogP) is 4.66. The summed E-state index contributed by atoms with van der Waals surface area (Å²) in [5, 5.41) is 7.81. The largest absolute Gasteiger partial charge is 0.469 e. The number of anilines is 1. The molecule has 0 radical (unpaired) electrons. The van der Waals surface area contributed by atoms with Crippen LogP contribution in [0, 0.1) is 0 Å². The molecule has 2 aromatic rings. The molecule has 1 aromatic heterocycles. The number of halogens is 2. The van der Waals surface area contributed by atoms with Crippen molar-refractivity contribution in [3.8, 4) is 0 Å². The fraction of sp³-hybridized carbons (Fsp3) is 0.267. The van der Waals surface area contributed by atoms with Gasteiger partial charge in [-0.1, -0.05) is 29.8 Å². The van der Waals surface area contributed by atoms with Gasteiger partial charge in [0.25, 0.3) is 0 Å². The minimum atomic E-state index is -0.284. The van der Waals surface area contributed by atoms with Gasteiger partial charge in [-0.15, -0.1) is 12.4 Å². The van der Waals surface area contributed by atoms with Crippen molar-refractivity contribution in [2.24, 2.45) is 0 Å². The van der Waals surface area contributed by atoms with Crippen LogP contribution < -0.4 is 5.32 Å². The Labute approximate surface area is 140 Å². The number of hydrogen-bond acceptors (Lipinski definition) is 4. The van der Waals surface area contributed by atoms with Crippen molar-refractivity contribution in [3.05, 3.63) is 51.7 Å². The maximum absolute atomic E-state index is 11.0. The molecule has 1 heterocycles. The molecular weight excluding hydrogens is 329 g/mol. The Kier molecular flexibility index (Phi) is 10.8. The van der Waals surface area contributed by atoms with Gasteiger partial charge in [0.15, 0.2) is 0 Å². The molecular formula is C15H19Cl2NO2S. The van der Waals surface area contributed by atoms with Gasteiger partial charge in [0.2, 0.25) is 0 Å². The Morgan fingerprint density at radius 1 is 1.33 bits per heavy atom. The molecule has 0 saturated carbocycles. The zero-order chi connectivity index (χ0) is 14.8. The van der Waals surface area contributed by atoms with Crippen molar-refractivity contribution in [2.45, 2.75) is 13.3 Å². The quantitative estimate of drug-likeness (QED) is 0.817. The molecule has 3 nitrogen and oxygen atoms in total. The Hall–Kier alpha value is -1.23. The number of carbonyl (C=O) groups is 1. The van der Waals surface area contributed by atoms with E-state index >= 15 is 0 Å². The predicted molar refractivity (Wildman–Crippen MR) is 92.9 cm³/mol. The molecule has 116 valence electrons. The third-order valence-electron chi connectivity index (χ3n) is 2.42. The number of thiophene rings is 1. The first-order chi connectivity index (χ1) is 9.67. The summed E-state index contributed by atoms with van der Waals surface area (Å²) in [4.78, 5) is 11.0. The van der Waals surface area contributed by atoms with Gasteiger partial charge in [-0.25, -0.2) is 0 Å². The van der Waals surface area contributed by atoms with E-state index in [0.29, 0.717) is 5.02 Å². The summed E-state index contributed by atoms with van der Waals surface area (Å²) in [6.45, 7) is 2.85. The molecule has 0 amide bonds. The average molecular weight is 348 g/mol. The maximum atomic E-state index is 11.0. The highest BCUT2D eigenvalue weighted by atomic mass is 35.5. The van der Waals surface area contributed by atoms with Crippen molar-refractivity contribution >= 4 is 47.0 Å². The van der Waals surface area contributed by atoms with Crippen LogP contribution in [-0.2, 0) is 16.0 Å². The number of rotatable bonds is 4. The van der Waals surface area contributed by atoms with E-state index in [0.717, 1.165) is 17.8 Å². The Morgan fingerprint density at radius 2 is 2.00 bits per heavy atom. The highest BCUT2D eigenvalue weighted by Gasteiger charge is 2.07. The van der Waals surface area contributed by atoms with Crippen LogP contribution in [0.15, 0.2) is 41.1 Å². The molecule has 1 N–H and O–H groups in total. The molecule has 2 rings (SSSR count). The molecule has 21 heavy (non-hydrogen) atoms. The van der Waals surface area contributed by atoms with Crippen LogP contribution in [-0.4, -0.2) is 19.6 Å². The second-order valence-electron chi connectivity index (χ2n) is 3.88. The van der Waals surface area contributed by atoms with Crippen molar-refractivity contribution in [1.29, 1.82) is 0 Å². The standard InChI is InChI=1S/C11H14ClNO2.C4H4S.ClH/c1-3-13-9-5-4-8(10(12)7-9)6-11(14)15-2;1-2-4-5-3-1;/h4-5,7,13H,3,6H2,1-2H3;1-4H;1H. The lowest BCUT2D eigenvalue weighted by atomic mass is 10.1. The normalized spacial score (nSPS) is 8.90. The summed E-state index contributed by atoms with van der Waals surface area (Å²) >= 11 is 7.73. The van der Waals surface area contributed by atoms with E-state index in [-0.39, 0.29) is 24.8 Å². The lowest BCUT2D eigenvalue weighted by molar-refractivity contribution is -0.139. The first-order valence-electron chi connectivity index (χ1n) is 6.23. The lowest BCUT2D eigenvalue weighted by Crippen LogP contribution is -2.05. The Bertz CT molecular complexity index is 501. The maximum Gasteiger partial charge on any atom is 0.310 e. The molecule has 0 fully saturated rings. The summed E-state index contributed by atoms with van der Waals surface area (Å²) in [6.07, 6.45) is 0.210. The van der Waals surface area contributed by atoms with Crippen molar-refractivity contribution in [1.82, 2.24) is 0 Å². The minimum Gasteiger partial charge on any atom is -0.469 e. The fourth-order valence-corrected chi connectivity index (χ4v) is 2.16. The van der Waals surface area contributed by atoms with Crippen LogP contribution in [0.4, 0.5) is 5.69 Å². The van der Waals surface area contributed by atoms with E-state index in [1.807, 2.05) is 48.0 Å². The van der Waals surface area contributed by atoms with Crippen LogP contribution >= 0.6 is 35.3 Å². The van der Waals surface area contributed by atoms with Crippen molar-refractivity contribution in [2.75, 3.05) is 19.0 Å². The number of ether oxygens (including phenoxy) is 1. The molecule has 6 heteroatoms. The van der Waals surface area contributed by atoms with E-state index < -0.39 is 0 Å². The number of carbonyl (C=O) groups excluding carboxylic acids is 1. The third kappa shape index (κ3) is 7.95. The highest BCUT2D eigenvalue weighted by molar-refractivity contribution is 7.07. The van der Waals surface area contributed by atoms with Crippen molar-refractivity contribution < 1.29 is 9.53 Å². The van der Waals surface area contributed by atoms with Gasteiger partial charge in [0, 0.05) is 17.3 Å². The van der Waals surface area contributed by atoms with Gasteiger partial charge in [-0.3, -0.25) is 4.79 Å². The van der Waals surface area contributed by atoms with Crippen LogP contribution in [0.2, 0.25) is 5.02 Å².